The molecule has 0 unspecified atom stereocenters. The van der Waals surface area contributed by atoms with Crippen LogP contribution in [0.3, 0.4) is 0 Å². The van der Waals surface area contributed by atoms with Gasteiger partial charge in [-0.25, -0.2) is 0 Å². The van der Waals surface area contributed by atoms with E-state index in [0.29, 0.717) is 5.56 Å². The van der Waals surface area contributed by atoms with Crippen LogP contribution in [0.1, 0.15) is 21.6 Å². The Balaban J connectivity index is 2.24. The van der Waals surface area contributed by atoms with Crippen molar-refractivity contribution in [2.75, 3.05) is 0 Å². The normalized spacial score (nSPS) is 10.8. The highest BCUT2D eigenvalue weighted by Crippen LogP contribution is 2.26. The molecular weight excluding hydrogens is 262 g/mol. The van der Waals surface area contributed by atoms with Gasteiger partial charge in [0, 0.05) is 28.4 Å². The number of pyridine rings is 2. The summed E-state index contributed by atoms with van der Waals surface area (Å²) in [7, 11) is 0. The van der Waals surface area contributed by atoms with Gasteiger partial charge in [0.2, 0.25) is 5.91 Å². The van der Waals surface area contributed by atoms with E-state index in [1.807, 2.05) is 44.2 Å². The molecule has 1 amide bonds. The number of aryl methyl sites for hydroxylation is 1. The summed E-state index contributed by atoms with van der Waals surface area (Å²) in [5.41, 5.74) is 10.1. The minimum Gasteiger partial charge on any atom is -0.366 e. The second kappa shape index (κ2) is 4.98. The van der Waals surface area contributed by atoms with Crippen LogP contribution >= 0.6 is 0 Å². The molecule has 2 aromatic heterocycles. The number of carbonyl (C=O) groups excluding carboxylic acids is 1. The number of nitrogens with zero attached hydrogens (tertiary/aromatic N) is 2. The summed E-state index contributed by atoms with van der Waals surface area (Å²) in [6.45, 7) is 3.71. The van der Waals surface area contributed by atoms with Gasteiger partial charge in [0.15, 0.2) is 0 Å². The number of primary amides is 1. The van der Waals surface area contributed by atoms with Crippen molar-refractivity contribution in [2.24, 2.45) is 5.73 Å². The highest BCUT2D eigenvalue weighted by Gasteiger charge is 2.13. The molecule has 21 heavy (non-hydrogen) atoms. The van der Waals surface area contributed by atoms with Crippen molar-refractivity contribution in [1.82, 2.24) is 9.97 Å². The molecule has 0 saturated carbocycles. The number of carbonyl (C=O) groups is 1. The average molecular weight is 277 g/mol. The quantitative estimate of drug-likeness (QED) is 0.782. The molecule has 0 saturated heterocycles. The number of hydrogen-bond acceptors (Lipinski definition) is 3. The Bertz CT molecular complexity index is 856. The Morgan fingerprint density at radius 3 is 2.67 bits per heavy atom. The molecule has 0 aliphatic heterocycles. The van der Waals surface area contributed by atoms with Crippen LogP contribution in [0.25, 0.3) is 22.2 Å². The van der Waals surface area contributed by atoms with Gasteiger partial charge in [0.1, 0.15) is 0 Å². The van der Waals surface area contributed by atoms with Gasteiger partial charge >= 0.3 is 0 Å². The standard InChI is InChI=1S/C17H15N3O/c1-10-7-14(17(18)21)11(2)16(20-10)13-8-12-5-3-4-6-15(12)19-9-13/h3-9H,1-2H3,(H2,18,21). The van der Waals surface area contributed by atoms with Crippen LogP contribution in [0.4, 0.5) is 0 Å². The lowest BCUT2D eigenvalue weighted by atomic mass is 10.0. The van der Waals surface area contributed by atoms with E-state index in [-0.39, 0.29) is 0 Å². The smallest absolute Gasteiger partial charge is 0.249 e. The summed E-state index contributed by atoms with van der Waals surface area (Å²) in [4.78, 5) is 20.5. The number of nitrogens with two attached hydrogens (primary N) is 1. The van der Waals surface area contributed by atoms with Crippen LogP contribution < -0.4 is 5.73 Å². The molecule has 0 spiro atoms. The summed E-state index contributed by atoms with van der Waals surface area (Å²) in [5.74, 6) is -0.437. The average Bonchev–Trinajstić information content (AvgIpc) is 2.48. The Morgan fingerprint density at radius 1 is 1.14 bits per heavy atom. The van der Waals surface area contributed by atoms with Crippen LogP contribution in [-0.4, -0.2) is 15.9 Å². The maximum absolute atomic E-state index is 11.5. The van der Waals surface area contributed by atoms with Gasteiger partial charge in [0.25, 0.3) is 0 Å². The first-order chi connectivity index (χ1) is 10.1. The molecule has 4 heteroatoms. The second-order valence-corrected chi connectivity index (χ2v) is 5.07. The van der Waals surface area contributed by atoms with E-state index >= 15 is 0 Å². The number of hydrogen-bond donors (Lipinski definition) is 1. The summed E-state index contributed by atoms with van der Waals surface area (Å²) in [6.07, 6.45) is 1.78. The minimum atomic E-state index is -0.437. The van der Waals surface area contributed by atoms with E-state index in [1.165, 1.54) is 0 Å². The van der Waals surface area contributed by atoms with E-state index in [2.05, 4.69) is 9.97 Å². The van der Waals surface area contributed by atoms with Crippen molar-refractivity contribution in [3.05, 3.63) is 59.4 Å². The Morgan fingerprint density at radius 2 is 1.90 bits per heavy atom. The van der Waals surface area contributed by atoms with Crippen LogP contribution in [0.2, 0.25) is 0 Å². The summed E-state index contributed by atoms with van der Waals surface area (Å²) >= 11 is 0. The number of rotatable bonds is 2. The molecule has 3 rings (SSSR count). The molecule has 0 bridgehead atoms. The van der Waals surface area contributed by atoms with E-state index in [4.69, 9.17) is 5.73 Å². The molecule has 1 aromatic carbocycles. The summed E-state index contributed by atoms with van der Waals surface area (Å²) in [6, 6.07) is 11.6. The lowest BCUT2D eigenvalue weighted by Crippen LogP contribution is -2.14. The third-order valence-electron chi connectivity index (χ3n) is 3.53. The lowest BCUT2D eigenvalue weighted by Gasteiger charge is -2.10. The van der Waals surface area contributed by atoms with Crippen molar-refractivity contribution in [3.8, 4) is 11.3 Å². The predicted molar refractivity (Wildman–Crippen MR) is 83.0 cm³/mol. The highest BCUT2D eigenvalue weighted by molar-refractivity contribution is 5.96. The number of benzene rings is 1. The largest absolute Gasteiger partial charge is 0.366 e. The zero-order valence-corrected chi connectivity index (χ0v) is 11.9. The Hall–Kier alpha value is -2.75. The lowest BCUT2D eigenvalue weighted by molar-refractivity contribution is 0.0999. The molecule has 4 nitrogen and oxygen atoms in total. The zero-order valence-electron chi connectivity index (χ0n) is 11.9. The molecule has 0 aliphatic rings. The number of fused-ring (bicyclic) bond motifs is 1. The fourth-order valence-electron chi connectivity index (χ4n) is 2.47. The van der Waals surface area contributed by atoms with Crippen LogP contribution in [-0.2, 0) is 0 Å². The van der Waals surface area contributed by atoms with Crippen LogP contribution in [0.5, 0.6) is 0 Å². The molecule has 104 valence electrons. The van der Waals surface area contributed by atoms with Gasteiger partial charge < -0.3 is 5.73 Å². The van der Waals surface area contributed by atoms with E-state index < -0.39 is 5.91 Å². The first-order valence-electron chi connectivity index (χ1n) is 6.69. The molecule has 2 heterocycles. The van der Waals surface area contributed by atoms with Gasteiger partial charge in [-0.1, -0.05) is 18.2 Å². The topological polar surface area (TPSA) is 68.9 Å². The van der Waals surface area contributed by atoms with Crippen molar-refractivity contribution >= 4 is 16.8 Å². The molecule has 0 radical (unpaired) electrons. The van der Waals surface area contributed by atoms with Gasteiger partial charge in [-0.15, -0.1) is 0 Å². The maximum atomic E-state index is 11.5. The number of para-hydroxylation sites is 1. The fourth-order valence-corrected chi connectivity index (χ4v) is 2.47. The van der Waals surface area contributed by atoms with Gasteiger partial charge in [0.05, 0.1) is 11.2 Å². The third-order valence-corrected chi connectivity index (χ3v) is 3.53. The van der Waals surface area contributed by atoms with Crippen molar-refractivity contribution in [3.63, 3.8) is 0 Å². The van der Waals surface area contributed by atoms with Crippen molar-refractivity contribution < 1.29 is 4.79 Å². The second-order valence-electron chi connectivity index (χ2n) is 5.07. The van der Waals surface area contributed by atoms with Gasteiger partial charge in [-0.3, -0.25) is 14.8 Å². The van der Waals surface area contributed by atoms with Crippen LogP contribution in [0, 0.1) is 13.8 Å². The SMILES string of the molecule is Cc1cc(C(N)=O)c(C)c(-c2cnc3ccccc3c2)n1. The highest BCUT2D eigenvalue weighted by atomic mass is 16.1. The summed E-state index contributed by atoms with van der Waals surface area (Å²) < 4.78 is 0. The van der Waals surface area contributed by atoms with E-state index in [1.54, 1.807) is 12.3 Å². The molecule has 0 atom stereocenters. The van der Waals surface area contributed by atoms with E-state index in [0.717, 1.165) is 33.4 Å². The third kappa shape index (κ3) is 2.36. The van der Waals surface area contributed by atoms with E-state index in [9.17, 15) is 4.79 Å². The molecule has 2 N–H and O–H groups in total. The number of aromatic nitrogens is 2. The minimum absolute atomic E-state index is 0.437. The van der Waals surface area contributed by atoms with Gasteiger partial charge in [-0.2, -0.15) is 0 Å². The molecular formula is C17H15N3O. The Labute approximate surface area is 122 Å². The predicted octanol–water partition coefficient (Wildman–Crippen LogP) is 3.01. The van der Waals surface area contributed by atoms with Crippen molar-refractivity contribution in [2.45, 2.75) is 13.8 Å². The molecule has 0 aliphatic carbocycles. The molecule has 0 fully saturated rings. The zero-order chi connectivity index (χ0) is 15.0. The van der Waals surface area contributed by atoms with Gasteiger partial charge in [-0.05, 0) is 37.6 Å². The first-order valence-corrected chi connectivity index (χ1v) is 6.69. The van der Waals surface area contributed by atoms with Crippen LogP contribution in [0.15, 0.2) is 42.6 Å². The maximum Gasteiger partial charge on any atom is 0.249 e. The fraction of sp³-hybridized carbons (Fsp3) is 0.118. The Kier molecular flexibility index (Phi) is 3.14. The summed E-state index contributed by atoms with van der Waals surface area (Å²) in [5, 5.41) is 1.04. The molecule has 3 aromatic rings. The monoisotopic (exact) mass is 277 g/mol. The first kappa shape index (κ1) is 13.2. The number of amides is 1. The van der Waals surface area contributed by atoms with Crippen molar-refractivity contribution in [1.29, 1.82) is 0 Å².